The van der Waals surface area contributed by atoms with Crippen molar-refractivity contribution in [2.24, 2.45) is 0 Å². The summed E-state index contributed by atoms with van der Waals surface area (Å²) >= 11 is 0. The molecule has 6 heteroatoms. The van der Waals surface area contributed by atoms with Gasteiger partial charge in [-0.3, -0.25) is 14.2 Å². The average Bonchev–Trinajstić information content (AvgIpc) is 2.87. The van der Waals surface area contributed by atoms with Crippen molar-refractivity contribution in [3.8, 4) is 0 Å². The Bertz CT molecular complexity index is 1060. The first-order valence-electron chi connectivity index (χ1n) is 8.72. The number of aryl methyl sites for hydroxylation is 1. The third-order valence-corrected chi connectivity index (χ3v) is 4.66. The first-order chi connectivity index (χ1) is 12.6. The van der Waals surface area contributed by atoms with Crippen molar-refractivity contribution in [3.05, 3.63) is 70.0 Å². The second-order valence-corrected chi connectivity index (χ2v) is 6.49. The number of carbonyl (C=O) groups is 1. The molecule has 2 aromatic carbocycles. The van der Waals surface area contributed by atoms with Crippen LogP contribution in [0.1, 0.15) is 35.4 Å². The molecule has 5 nitrogen and oxygen atoms in total. The molecule has 0 radical (unpaired) electrons. The molecule has 4 rings (SSSR count). The molecule has 0 saturated carbocycles. The standard InChI is InChI=1S/C20H18FN3O2/c21-14-5-4-6-15(12-14)22-19(25)13-8-9-16-17(11-13)23-18-7-2-1-3-10-24(18)20(16)26/h4-6,8-9,11-12H,1-3,7,10H2,(H,22,25). The maximum atomic E-state index is 13.3. The van der Waals surface area contributed by atoms with E-state index < -0.39 is 5.82 Å². The quantitative estimate of drug-likeness (QED) is 0.768. The highest BCUT2D eigenvalue weighted by molar-refractivity contribution is 6.06. The molecule has 132 valence electrons. The molecule has 0 aliphatic carbocycles. The molecular weight excluding hydrogens is 333 g/mol. The van der Waals surface area contributed by atoms with E-state index in [9.17, 15) is 14.0 Å². The van der Waals surface area contributed by atoms with Crippen molar-refractivity contribution < 1.29 is 9.18 Å². The van der Waals surface area contributed by atoms with Crippen molar-refractivity contribution in [1.82, 2.24) is 9.55 Å². The zero-order valence-corrected chi connectivity index (χ0v) is 14.2. The summed E-state index contributed by atoms with van der Waals surface area (Å²) in [6.07, 6.45) is 3.84. The highest BCUT2D eigenvalue weighted by Gasteiger charge is 2.15. The number of hydrogen-bond acceptors (Lipinski definition) is 3. The van der Waals surface area contributed by atoms with Crippen molar-refractivity contribution in [2.45, 2.75) is 32.2 Å². The van der Waals surface area contributed by atoms with Gasteiger partial charge in [-0.15, -0.1) is 0 Å². The third kappa shape index (κ3) is 3.10. The van der Waals surface area contributed by atoms with Crippen LogP contribution in [0.25, 0.3) is 10.9 Å². The molecule has 1 aliphatic rings. The molecule has 0 atom stereocenters. The van der Waals surface area contributed by atoms with Gasteiger partial charge in [0.1, 0.15) is 11.6 Å². The number of rotatable bonds is 2. The Morgan fingerprint density at radius 2 is 2.00 bits per heavy atom. The third-order valence-electron chi connectivity index (χ3n) is 4.66. The van der Waals surface area contributed by atoms with Crippen LogP contribution in [-0.4, -0.2) is 15.5 Å². The minimum absolute atomic E-state index is 0.0519. The van der Waals surface area contributed by atoms with Gasteiger partial charge in [0.2, 0.25) is 0 Å². The van der Waals surface area contributed by atoms with Crippen molar-refractivity contribution in [1.29, 1.82) is 0 Å². The van der Waals surface area contributed by atoms with Gasteiger partial charge in [0.15, 0.2) is 0 Å². The predicted molar refractivity (Wildman–Crippen MR) is 97.9 cm³/mol. The van der Waals surface area contributed by atoms with Crippen molar-refractivity contribution in [2.75, 3.05) is 5.32 Å². The number of hydrogen-bond donors (Lipinski definition) is 1. The first-order valence-corrected chi connectivity index (χ1v) is 8.72. The van der Waals surface area contributed by atoms with E-state index >= 15 is 0 Å². The van der Waals surface area contributed by atoms with Gasteiger partial charge < -0.3 is 5.32 Å². The van der Waals surface area contributed by atoms with Gasteiger partial charge in [0.05, 0.1) is 10.9 Å². The Kier molecular flexibility index (Phi) is 4.24. The van der Waals surface area contributed by atoms with Gasteiger partial charge >= 0.3 is 0 Å². The summed E-state index contributed by atoms with van der Waals surface area (Å²) in [6, 6.07) is 10.6. The molecule has 0 unspecified atom stereocenters. The number of anilines is 1. The largest absolute Gasteiger partial charge is 0.322 e. The van der Waals surface area contributed by atoms with Gasteiger partial charge in [-0.05, 0) is 49.2 Å². The summed E-state index contributed by atoms with van der Waals surface area (Å²) in [5.41, 5.74) is 1.23. The van der Waals surface area contributed by atoms with E-state index in [-0.39, 0.29) is 11.5 Å². The van der Waals surface area contributed by atoms with E-state index in [4.69, 9.17) is 0 Å². The van der Waals surface area contributed by atoms with Crippen LogP contribution in [0, 0.1) is 5.82 Å². The number of nitrogens with one attached hydrogen (secondary N) is 1. The highest BCUT2D eigenvalue weighted by atomic mass is 19.1. The fraction of sp³-hybridized carbons (Fsp3) is 0.250. The number of aromatic nitrogens is 2. The second-order valence-electron chi connectivity index (χ2n) is 6.49. The molecule has 2 heterocycles. The summed E-state index contributed by atoms with van der Waals surface area (Å²) < 4.78 is 15.0. The Hall–Kier alpha value is -3.02. The summed E-state index contributed by atoms with van der Waals surface area (Å²) in [4.78, 5) is 29.8. The van der Waals surface area contributed by atoms with E-state index in [1.165, 1.54) is 18.2 Å². The van der Waals surface area contributed by atoms with Gasteiger partial charge in [0.25, 0.3) is 11.5 Å². The van der Waals surface area contributed by atoms with Crippen LogP contribution >= 0.6 is 0 Å². The maximum Gasteiger partial charge on any atom is 0.261 e. The topological polar surface area (TPSA) is 64.0 Å². The van der Waals surface area contributed by atoms with Crippen LogP contribution in [0.15, 0.2) is 47.3 Å². The smallest absolute Gasteiger partial charge is 0.261 e. The van der Waals surface area contributed by atoms with Crippen LogP contribution in [-0.2, 0) is 13.0 Å². The second kappa shape index (κ2) is 6.71. The average molecular weight is 351 g/mol. The molecule has 26 heavy (non-hydrogen) atoms. The molecule has 1 aliphatic heterocycles. The Balaban J connectivity index is 1.71. The molecule has 0 fully saturated rings. The van der Waals surface area contributed by atoms with E-state index in [0.29, 0.717) is 28.7 Å². The van der Waals surface area contributed by atoms with Crippen LogP contribution in [0.5, 0.6) is 0 Å². The van der Waals surface area contributed by atoms with Crippen LogP contribution < -0.4 is 10.9 Å². The molecule has 1 N–H and O–H groups in total. The zero-order valence-electron chi connectivity index (χ0n) is 14.2. The highest BCUT2D eigenvalue weighted by Crippen LogP contribution is 2.17. The molecule has 3 aromatic rings. The minimum atomic E-state index is -0.418. The lowest BCUT2D eigenvalue weighted by atomic mass is 10.1. The predicted octanol–water partition coefficient (Wildman–Crippen LogP) is 3.51. The molecule has 0 saturated heterocycles. The fourth-order valence-electron chi connectivity index (χ4n) is 3.33. The van der Waals surface area contributed by atoms with Gasteiger partial charge in [0, 0.05) is 24.2 Å². The normalized spacial score (nSPS) is 13.9. The lowest BCUT2D eigenvalue weighted by Gasteiger charge is -2.11. The maximum absolute atomic E-state index is 13.3. The Morgan fingerprint density at radius 3 is 2.85 bits per heavy atom. The molecule has 1 aromatic heterocycles. The SMILES string of the molecule is O=C(Nc1cccc(F)c1)c1ccc2c(=O)n3c(nc2c1)CCCCC3. The van der Waals surface area contributed by atoms with E-state index in [1.807, 2.05) is 0 Å². The number of amides is 1. The summed E-state index contributed by atoms with van der Waals surface area (Å²) in [6.45, 7) is 0.693. The number of nitrogens with zero attached hydrogens (tertiary/aromatic N) is 2. The molecule has 0 bridgehead atoms. The van der Waals surface area contributed by atoms with E-state index in [2.05, 4.69) is 10.3 Å². The van der Waals surface area contributed by atoms with E-state index in [0.717, 1.165) is 31.5 Å². The molecule has 0 spiro atoms. The van der Waals surface area contributed by atoms with Crippen molar-refractivity contribution in [3.63, 3.8) is 0 Å². The van der Waals surface area contributed by atoms with Crippen molar-refractivity contribution >= 4 is 22.5 Å². The Morgan fingerprint density at radius 1 is 1.12 bits per heavy atom. The van der Waals surface area contributed by atoms with Crippen LogP contribution in [0.2, 0.25) is 0 Å². The van der Waals surface area contributed by atoms with Gasteiger partial charge in [-0.1, -0.05) is 12.5 Å². The monoisotopic (exact) mass is 351 g/mol. The van der Waals surface area contributed by atoms with Crippen LogP contribution in [0.3, 0.4) is 0 Å². The number of benzene rings is 2. The lowest BCUT2D eigenvalue weighted by molar-refractivity contribution is 0.102. The first kappa shape index (κ1) is 16.4. The lowest BCUT2D eigenvalue weighted by Crippen LogP contribution is -2.24. The minimum Gasteiger partial charge on any atom is -0.322 e. The summed E-state index contributed by atoms with van der Waals surface area (Å²) in [5, 5.41) is 3.17. The fourth-order valence-corrected chi connectivity index (χ4v) is 3.33. The van der Waals surface area contributed by atoms with Gasteiger partial charge in [-0.25, -0.2) is 9.37 Å². The Labute approximate surface area is 149 Å². The van der Waals surface area contributed by atoms with E-state index in [1.54, 1.807) is 28.8 Å². The number of halogens is 1. The number of carbonyl (C=O) groups excluding carboxylic acids is 1. The summed E-state index contributed by atoms with van der Waals surface area (Å²) in [5.74, 6) is -0.00396. The van der Waals surface area contributed by atoms with Gasteiger partial charge in [-0.2, -0.15) is 0 Å². The zero-order chi connectivity index (χ0) is 18.1. The molecular formula is C20H18FN3O2. The van der Waals surface area contributed by atoms with Crippen LogP contribution in [0.4, 0.5) is 10.1 Å². The summed E-state index contributed by atoms with van der Waals surface area (Å²) in [7, 11) is 0. The molecule has 1 amide bonds. The number of fused-ring (bicyclic) bond motifs is 2.